The highest BCUT2D eigenvalue weighted by atomic mass is 14.9. The molecule has 0 saturated carbocycles. The molecule has 4 aromatic carbocycles. The fourth-order valence-corrected chi connectivity index (χ4v) is 4.89. The number of nitrogens with one attached hydrogen (secondary N) is 1. The lowest BCUT2D eigenvalue weighted by Crippen LogP contribution is -2.14. The van der Waals surface area contributed by atoms with Crippen LogP contribution < -0.4 is 0 Å². The third-order valence-corrected chi connectivity index (χ3v) is 6.41. The number of benzene rings is 4. The van der Waals surface area contributed by atoms with Crippen molar-refractivity contribution in [2.45, 2.75) is 25.2 Å². The molecule has 1 aromatic heterocycles. The zero-order chi connectivity index (χ0) is 19.2. The van der Waals surface area contributed by atoms with Crippen LogP contribution in [0.2, 0.25) is 0 Å². The quantitative estimate of drug-likeness (QED) is 0.344. The second-order valence-electron chi connectivity index (χ2n) is 8.07. The topological polar surface area (TPSA) is 28.7 Å². The molecule has 0 radical (unpaired) electrons. The van der Waals surface area contributed by atoms with Crippen molar-refractivity contribution >= 4 is 21.5 Å². The molecular weight excluding hydrogens is 352 g/mol. The molecule has 0 saturated heterocycles. The van der Waals surface area contributed by atoms with Gasteiger partial charge in [-0.1, -0.05) is 78.9 Å². The number of aryl methyl sites for hydroxylation is 1. The summed E-state index contributed by atoms with van der Waals surface area (Å²) in [6, 6.07) is 28.4. The maximum absolute atomic E-state index is 4.76. The SMILES string of the molecule is c1ccc(-c2cnc(C3CCc4ccc5c(ccc6ccccc65)c4C3)[nH]2)cc1. The molecule has 0 fully saturated rings. The van der Waals surface area contributed by atoms with Gasteiger partial charge in [0.25, 0.3) is 0 Å². The second-order valence-corrected chi connectivity index (χ2v) is 8.07. The fraction of sp³-hybridized carbons (Fsp3) is 0.148. The van der Waals surface area contributed by atoms with Crippen molar-refractivity contribution in [3.8, 4) is 11.3 Å². The average Bonchev–Trinajstić information content (AvgIpc) is 3.29. The van der Waals surface area contributed by atoms with Crippen LogP contribution >= 0.6 is 0 Å². The Morgan fingerprint density at radius 2 is 1.59 bits per heavy atom. The molecule has 1 aliphatic rings. The number of fused-ring (bicyclic) bond motifs is 5. The van der Waals surface area contributed by atoms with Gasteiger partial charge in [0.05, 0.1) is 11.9 Å². The summed E-state index contributed by atoms with van der Waals surface area (Å²) in [6.07, 6.45) is 5.29. The molecule has 1 heterocycles. The van der Waals surface area contributed by atoms with Crippen molar-refractivity contribution < 1.29 is 0 Å². The van der Waals surface area contributed by atoms with Crippen molar-refractivity contribution in [1.29, 1.82) is 0 Å². The number of rotatable bonds is 2. The van der Waals surface area contributed by atoms with Crippen molar-refractivity contribution in [2.24, 2.45) is 0 Å². The highest BCUT2D eigenvalue weighted by Gasteiger charge is 2.24. The lowest BCUT2D eigenvalue weighted by molar-refractivity contribution is 0.563. The van der Waals surface area contributed by atoms with E-state index in [9.17, 15) is 0 Å². The molecule has 1 unspecified atom stereocenters. The molecule has 29 heavy (non-hydrogen) atoms. The van der Waals surface area contributed by atoms with Crippen LogP contribution in [0.4, 0.5) is 0 Å². The minimum Gasteiger partial charge on any atom is -0.342 e. The van der Waals surface area contributed by atoms with E-state index < -0.39 is 0 Å². The summed E-state index contributed by atoms with van der Waals surface area (Å²) >= 11 is 0. The summed E-state index contributed by atoms with van der Waals surface area (Å²) < 4.78 is 0. The van der Waals surface area contributed by atoms with Crippen LogP contribution in [0, 0.1) is 0 Å². The van der Waals surface area contributed by atoms with E-state index in [2.05, 4.69) is 77.8 Å². The smallest absolute Gasteiger partial charge is 0.109 e. The summed E-state index contributed by atoms with van der Waals surface area (Å²) in [5.41, 5.74) is 5.30. The van der Waals surface area contributed by atoms with Gasteiger partial charge >= 0.3 is 0 Å². The predicted octanol–water partition coefficient (Wildman–Crippen LogP) is 6.66. The molecule has 1 aliphatic carbocycles. The van der Waals surface area contributed by atoms with E-state index in [-0.39, 0.29) is 0 Å². The molecule has 0 bridgehead atoms. The van der Waals surface area contributed by atoms with Crippen molar-refractivity contribution in [3.63, 3.8) is 0 Å². The lowest BCUT2D eigenvalue weighted by Gasteiger charge is -2.25. The Hall–Kier alpha value is -3.39. The normalized spacial score (nSPS) is 16.2. The van der Waals surface area contributed by atoms with E-state index in [0.717, 1.165) is 30.8 Å². The summed E-state index contributed by atoms with van der Waals surface area (Å²) in [5, 5.41) is 5.43. The maximum Gasteiger partial charge on any atom is 0.109 e. The van der Waals surface area contributed by atoms with E-state index >= 15 is 0 Å². The third-order valence-electron chi connectivity index (χ3n) is 6.41. The Balaban J connectivity index is 1.41. The van der Waals surface area contributed by atoms with Crippen LogP contribution in [0.15, 0.2) is 85.1 Å². The van der Waals surface area contributed by atoms with E-state index in [1.807, 2.05) is 12.3 Å². The standard InChI is InChI=1S/C27H22N2/c1-2-7-20(8-3-1)26-17-28-27(29-26)21-11-10-19-13-14-23-22-9-5-4-6-18(22)12-15-24(23)25(19)16-21/h1-9,12-15,17,21H,10-11,16H2,(H,28,29). The molecule has 0 amide bonds. The Bertz CT molecular complexity index is 1330. The van der Waals surface area contributed by atoms with E-state index in [0.29, 0.717) is 5.92 Å². The average molecular weight is 374 g/mol. The van der Waals surface area contributed by atoms with Gasteiger partial charge in [0.1, 0.15) is 5.82 Å². The van der Waals surface area contributed by atoms with Gasteiger partial charge < -0.3 is 4.98 Å². The van der Waals surface area contributed by atoms with Crippen molar-refractivity contribution in [3.05, 3.63) is 102 Å². The molecule has 2 nitrogen and oxygen atoms in total. The number of aromatic amines is 1. The van der Waals surface area contributed by atoms with Gasteiger partial charge in [-0.05, 0) is 57.5 Å². The molecule has 2 heteroatoms. The monoisotopic (exact) mass is 374 g/mol. The summed E-state index contributed by atoms with van der Waals surface area (Å²) in [4.78, 5) is 8.36. The number of H-pyrrole nitrogens is 1. The van der Waals surface area contributed by atoms with Gasteiger partial charge in [-0.2, -0.15) is 0 Å². The number of hydrogen-bond donors (Lipinski definition) is 1. The Morgan fingerprint density at radius 1 is 0.759 bits per heavy atom. The summed E-state index contributed by atoms with van der Waals surface area (Å²) in [7, 11) is 0. The predicted molar refractivity (Wildman–Crippen MR) is 120 cm³/mol. The number of hydrogen-bond acceptors (Lipinski definition) is 1. The Kier molecular flexibility index (Phi) is 3.76. The van der Waals surface area contributed by atoms with Crippen LogP contribution in [0.25, 0.3) is 32.8 Å². The molecule has 0 aliphatic heterocycles. The summed E-state index contributed by atoms with van der Waals surface area (Å²) in [5.74, 6) is 1.56. The van der Waals surface area contributed by atoms with Crippen molar-refractivity contribution in [2.75, 3.05) is 0 Å². The lowest BCUT2D eigenvalue weighted by atomic mass is 9.80. The first-order valence-corrected chi connectivity index (χ1v) is 10.4. The Morgan fingerprint density at radius 3 is 2.52 bits per heavy atom. The van der Waals surface area contributed by atoms with E-state index in [1.165, 1.54) is 38.2 Å². The van der Waals surface area contributed by atoms with Crippen LogP contribution in [-0.2, 0) is 12.8 Å². The number of aromatic nitrogens is 2. The Labute approximate surface area is 170 Å². The van der Waals surface area contributed by atoms with Crippen LogP contribution in [0.1, 0.15) is 29.3 Å². The van der Waals surface area contributed by atoms with Gasteiger partial charge in [0.2, 0.25) is 0 Å². The minimum atomic E-state index is 0.442. The highest BCUT2D eigenvalue weighted by Crippen LogP contribution is 2.38. The van der Waals surface area contributed by atoms with Gasteiger partial charge in [0.15, 0.2) is 0 Å². The van der Waals surface area contributed by atoms with Gasteiger partial charge in [-0.15, -0.1) is 0 Å². The highest BCUT2D eigenvalue weighted by molar-refractivity contribution is 6.08. The second kappa shape index (κ2) is 6.59. The van der Waals surface area contributed by atoms with Crippen molar-refractivity contribution in [1.82, 2.24) is 9.97 Å². The number of imidazole rings is 1. The third kappa shape index (κ3) is 2.75. The molecule has 140 valence electrons. The molecule has 0 spiro atoms. The first-order chi connectivity index (χ1) is 14.4. The fourth-order valence-electron chi connectivity index (χ4n) is 4.89. The molecular formula is C27H22N2. The molecule has 1 atom stereocenters. The zero-order valence-electron chi connectivity index (χ0n) is 16.2. The summed E-state index contributed by atoms with van der Waals surface area (Å²) in [6.45, 7) is 0. The van der Waals surface area contributed by atoms with E-state index in [4.69, 9.17) is 4.98 Å². The first kappa shape index (κ1) is 16.6. The van der Waals surface area contributed by atoms with Gasteiger partial charge in [-0.3, -0.25) is 0 Å². The first-order valence-electron chi connectivity index (χ1n) is 10.4. The molecule has 1 N–H and O–H groups in total. The maximum atomic E-state index is 4.76. The van der Waals surface area contributed by atoms with Gasteiger partial charge in [0, 0.05) is 5.92 Å². The molecule has 6 rings (SSSR count). The van der Waals surface area contributed by atoms with Crippen LogP contribution in [0.5, 0.6) is 0 Å². The van der Waals surface area contributed by atoms with Crippen LogP contribution in [0.3, 0.4) is 0 Å². The largest absolute Gasteiger partial charge is 0.342 e. The zero-order valence-corrected chi connectivity index (χ0v) is 16.2. The minimum absolute atomic E-state index is 0.442. The van der Waals surface area contributed by atoms with Gasteiger partial charge in [-0.25, -0.2) is 4.98 Å². The molecule has 5 aromatic rings. The van der Waals surface area contributed by atoms with E-state index in [1.54, 1.807) is 0 Å². The number of nitrogens with zero attached hydrogens (tertiary/aromatic N) is 1. The van der Waals surface area contributed by atoms with Crippen LogP contribution in [-0.4, -0.2) is 9.97 Å².